The molecular weight excluding hydrogens is 410 g/mol. The van der Waals surface area contributed by atoms with Crippen LogP contribution in [0.2, 0.25) is 0 Å². The number of carbonyl (C=O) groups is 1. The summed E-state index contributed by atoms with van der Waals surface area (Å²) >= 11 is 3.20. The highest BCUT2D eigenvalue weighted by molar-refractivity contribution is 9.10. The van der Waals surface area contributed by atoms with Crippen LogP contribution in [-0.2, 0) is 10.0 Å². The Bertz CT molecular complexity index is 1080. The van der Waals surface area contributed by atoms with Gasteiger partial charge in [-0.1, -0.05) is 36.4 Å². The normalized spacial score (nSPS) is 11.4. The van der Waals surface area contributed by atoms with E-state index in [1.54, 1.807) is 24.3 Å². The third-order valence-electron chi connectivity index (χ3n) is 3.61. The van der Waals surface area contributed by atoms with Crippen molar-refractivity contribution >= 4 is 48.4 Å². The summed E-state index contributed by atoms with van der Waals surface area (Å²) in [6, 6.07) is 13.0. The first-order valence-electron chi connectivity index (χ1n) is 7.04. The lowest BCUT2D eigenvalue weighted by Crippen LogP contribution is -2.22. The third-order valence-corrected chi connectivity index (χ3v) is 5.60. The first-order chi connectivity index (χ1) is 11.8. The molecule has 0 aromatic heterocycles. The monoisotopic (exact) mass is 420 g/mol. The van der Waals surface area contributed by atoms with Crippen molar-refractivity contribution in [3.63, 3.8) is 0 Å². The maximum absolute atomic E-state index is 12.6. The van der Waals surface area contributed by atoms with E-state index in [9.17, 15) is 23.4 Å². The van der Waals surface area contributed by atoms with Crippen molar-refractivity contribution in [3.8, 4) is 5.75 Å². The smallest absolute Gasteiger partial charge is 0.261 e. The Kier molecular flexibility index (Phi) is 4.40. The predicted octanol–water partition coefficient (Wildman–Crippen LogP) is 2.47. The number of carboxylic acids is 1. The lowest BCUT2D eigenvalue weighted by Gasteiger charge is -2.13. The number of anilines is 1. The number of phenols is 1. The van der Waals surface area contributed by atoms with Gasteiger partial charge in [-0.3, -0.25) is 4.72 Å². The van der Waals surface area contributed by atoms with Crippen molar-refractivity contribution < 1.29 is 23.4 Å². The number of halogens is 1. The van der Waals surface area contributed by atoms with Gasteiger partial charge in [-0.15, -0.1) is 0 Å². The fourth-order valence-electron chi connectivity index (χ4n) is 2.38. The number of carbonyl (C=O) groups excluding carboxylic acids is 1. The van der Waals surface area contributed by atoms with Gasteiger partial charge in [0.2, 0.25) is 0 Å². The van der Waals surface area contributed by atoms with Crippen LogP contribution >= 0.6 is 15.9 Å². The van der Waals surface area contributed by atoms with Crippen LogP contribution in [0.5, 0.6) is 5.75 Å². The highest BCUT2D eigenvalue weighted by Crippen LogP contribution is 2.38. The first-order valence-corrected chi connectivity index (χ1v) is 9.31. The molecule has 0 aliphatic carbocycles. The summed E-state index contributed by atoms with van der Waals surface area (Å²) in [5.74, 6) is -1.37. The van der Waals surface area contributed by atoms with E-state index in [4.69, 9.17) is 0 Å². The summed E-state index contributed by atoms with van der Waals surface area (Å²) in [5.41, 5.74) is 0.168. The maximum atomic E-state index is 12.6. The predicted molar refractivity (Wildman–Crippen MR) is 94.9 cm³/mol. The molecule has 25 heavy (non-hydrogen) atoms. The highest BCUT2D eigenvalue weighted by Gasteiger charge is 2.17. The number of sulfonamides is 1. The quantitative estimate of drug-likeness (QED) is 0.630. The number of fused-ring (bicyclic) bond motifs is 1. The molecule has 8 heteroatoms. The van der Waals surface area contributed by atoms with Crippen LogP contribution in [0.15, 0.2) is 64.0 Å². The number of benzene rings is 3. The highest BCUT2D eigenvalue weighted by atomic mass is 79.9. The molecule has 3 rings (SSSR count). The van der Waals surface area contributed by atoms with E-state index in [1.165, 1.54) is 18.2 Å². The van der Waals surface area contributed by atoms with Gasteiger partial charge in [0.05, 0.1) is 21.0 Å². The van der Waals surface area contributed by atoms with Crippen LogP contribution in [0.3, 0.4) is 0 Å². The van der Waals surface area contributed by atoms with E-state index in [0.29, 0.717) is 15.2 Å². The van der Waals surface area contributed by atoms with Crippen molar-refractivity contribution in [1.82, 2.24) is 0 Å². The molecule has 0 radical (unpaired) electrons. The van der Waals surface area contributed by atoms with Gasteiger partial charge in [-0.05, 0) is 39.7 Å². The van der Waals surface area contributed by atoms with E-state index in [2.05, 4.69) is 20.7 Å². The number of hydrogen-bond donors (Lipinski definition) is 2. The van der Waals surface area contributed by atoms with Crippen LogP contribution < -0.4 is 9.83 Å². The van der Waals surface area contributed by atoms with E-state index in [1.807, 2.05) is 0 Å². The molecule has 0 fully saturated rings. The largest absolute Gasteiger partial charge is 0.545 e. The number of phenolic OH excluding ortho intramolecular Hbond substituents is 1. The summed E-state index contributed by atoms with van der Waals surface area (Å²) in [6.45, 7) is 0. The van der Waals surface area contributed by atoms with Crippen LogP contribution in [0.4, 0.5) is 5.69 Å². The molecule has 6 nitrogen and oxygen atoms in total. The molecule has 0 spiro atoms. The molecule has 0 unspecified atom stereocenters. The van der Waals surface area contributed by atoms with Gasteiger partial charge in [0.1, 0.15) is 5.75 Å². The van der Waals surface area contributed by atoms with Crippen molar-refractivity contribution in [2.24, 2.45) is 0 Å². The topological polar surface area (TPSA) is 107 Å². The number of aromatic hydroxyl groups is 1. The standard InChI is InChI=1S/C17H12BrNO5S/c18-14-9-15(12-3-1-2-4-13(12)16(14)20)19-25(23,24)11-7-5-10(6-8-11)17(21)22/h1-9,19-20H,(H,21,22)/p-1. The number of rotatable bonds is 4. The van der Waals surface area contributed by atoms with E-state index in [0.717, 1.165) is 12.1 Å². The Hall–Kier alpha value is -2.58. The molecule has 0 amide bonds. The Morgan fingerprint density at radius 3 is 2.24 bits per heavy atom. The van der Waals surface area contributed by atoms with E-state index in [-0.39, 0.29) is 21.9 Å². The summed E-state index contributed by atoms with van der Waals surface area (Å²) < 4.78 is 27.9. The average Bonchev–Trinajstić information content (AvgIpc) is 2.59. The van der Waals surface area contributed by atoms with Crippen molar-refractivity contribution in [2.45, 2.75) is 4.90 Å². The number of hydrogen-bond acceptors (Lipinski definition) is 5. The van der Waals surface area contributed by atoms with Crippen LogP contribution in [0.25, 0.3) is 10.8 Å². The second-order valence-electron chi connectivity index (χ2n) is 5.22. The molecule has 0 saturated heterocycles. The van der Waals surface area contributed by atoms with Crippen molar-refractivity contribution in [1.29, 1.82) is 0 Å². The molecule has 0 heterocycles. The maximum Gasteiger partial charge on any atom is 0.261 e. The summed E-state index contributed by atoms with van der Waals surface area (Å²) in [4.78, 5) is 10.7. The molecule has 0 aliphatic rings. The number of aromatic carboxylic acids is 1. The van der Waals surface area contributed by atoms with Crippen LogP contribution in [0.1, 0.15) is 10.4 Å². The van der Waals surface area contributed by atoms with Gasteiger partial charge in [-0.2, -0.15) is 0 Å². The van der Waals surface area contributed by atoms with Crippen LogP contribution in [0, 0.1) is 0 Å². The molecular formula is C17H11BrNO5S-. The zero-order valence-corrected chi connectivity index (χ0v) is 15.0. The Morgan fingerprint density at radius 2 is 1.64 bits per heavy atom. The second kappa shape index (κ2) is 6.38. The molecule has 3 aromatic carbocycles. The Labute approximate surface area is 151 Å². The minimum atomic E-state index is -3.94. The van der Waals surface area contributed by atoms with Gasteiger partial charge < -0.3 is 15.0 Å². The zero-order valence-electron chi connectivity index (χ0n) is 12.6. The third kappa shape index (κ3) is 3.31. The number of nitrogens with one attached hydrogen (secondary N) is 1. The van der Waals surface area contributed by atoms with Gasteiger partial charge in [0.15, 0.2) is 0 Å². The van der Waals surface area contributed by atoms with Gasteiger partial charge in [0.25, 0.3) is 10.0 Å². The molecule has 2 N–H and O–H groups in total. The minimum absolute atomic E-state index is 0.0110. The van der Waals surface area contributed by atoms with Gasteiger partial charge in [-0.25, -0.2) is 8.42 Å². The second-order valence-corrected chi connectivity index (χ2v) is 7.75. The summed E-state index contributed by atoms with van der Waals surface area (Å²) in [6.07, 6.45) is 0. The van der Waals surface area contributed by atoms with Crippen molar-refractivity contribution in [2.75, 3.05) is 4.72 Å². The van der Waals surface area contributed by atoms with Gasteiger partial charge >= 0.3 is 0 Å². The SMILES string of the molecule is O=C([O-])c1ccc(S(=O)(=O)Nc2cc(Br)c(O)c3ccccc23)cc1. The van der Waals surface area contributed by atoms with Crippen LogP contribution in [-0.4, -0.2) is 19.5 Å². The molecule has 0 aliphatic heterocycles. The molecule has 3 aromatic rings. The fraction of sp³-hybridized carbons (Fsp3) is 0. The lowest BCUT2D eigenvalue weighted by molar-refractivity contribution is -0.255. The average molecular weight is 421 g/mol. The zero-order chi connectivity index (χ0) is 18.2. The summed E-state index contributed by atoms with van der Waals surface area (Å²) in [7, 11) is -3.94. The molecule has 0 saturated carbocycles. The minimum Gasteiger partial charge on any atom is -0.545 e. The van der Waals surface area contributed by atoms with E-state index >= 15 is 0 Å². The van der Waals surface area contributed by atoms with E-state index < -0.39 is 16.0 Å². The van der Waals surface area contributed by atoms with Gasteiger partial charge in [0, 0.05) is 10.8 Å². The fourth-order valence-corrected chi connectivity index (χ4v) is 3.90. The Balaban J connectivity index is 2.05. The Morgan fingerprint density at radius 1 is 1.04 bits per heavy atom. The lowest BCUT2D eigenvalue weighted by atomic mass is 10.1. The van der Waals surface area contributed by atoms with Crippen molar-refractivity contribution in [3.05, 3.63) is 64.6 Å². The molecule has 128 valence electrons. The number of carboxylic acid groups (broad SMARTS) is 1. The molecule has 0 atom stereocenters. The molecule has 0 bridgehead atoms. The summed E-state index contributed by atoms with van der Waals surface area (Å²) in [5, 5.41) is 21.9. The first kappa shape index (κ1) is 17.2.